The maximum atomic E-state index is 13.5. The fourth-order valence-electron chi connectivity index (χ4n) is 4.20. The highest BCUT2D eigenvalue weighted by atomic mass is 35.5. The molecule has 0 spiro atoms. The molecular weight excluding hydrogens is 581 g/mol. The van der Waals surface area contributed by atoms with E-state index >= 15 is 0 Å². The van der Waals surface area contributed by atoms with E-state index in [0.717, 1.165) is 22.7 Å². The van der Waals surface area contributed by atoms with Gasteiger partial charge in [-0.3, -0.25) is 4.79 Å². The van der Waals surface area contributed by atoms with Crippen LogP contribution in [0.3, 0.4) is 0 Å². The topological polar surface area (TPSA) is 104 Å². The van der Waals surface area contributed by atoms with Crippen LogP contribution in [-0.4, -0.2) is 51.0 Å². The zero-order valence-electron chi connectivity index (χ0n) is 21.3. The minimum absolute atomic E-state index is 0.0655. The highest BCUT2D eigenvalue weighted by Gasteiger charge is 2.28. The van der Waals surface area contributed by atoms with Gasteiger partial charge in [0.15, 0.2) is 0 Å². The number of hydrogen-bond donors (Lipinski definition) is 1. The van der Waals surface area contributed by atoms with Crippen LogP contribution in [0, 0.1) is 6.92 Å². The number of carbonyl (C=O) groups excluding carboxylic acids is 1. The molecule has 4 rings (SSSR count). The smallest absolute Gasteiger partial charge is 0.243 e. The van der Waals surface area contributed by atoms with Gasteiger partial charge in [0.05, 0.1) is 26.4 Å². The average molecular weight is 611 g/mol. The molecule has 0 radical (unpaired) electrons. The summed E-state index contributed by atoms with van der Waals surface area (Å²) >= 11 is 12.1. The Kier molecular flexibility index (Phi) is 9.36. The Morgan fingerprint density at radius 2 is 1.44 bits per heavy atom. The van der Waals surface area contributed by atoms with Crippen LogP contribution in [0.1, 0.15) is 29.5 Å². The van der Waals surface area contributed by atoms with E-state index in [1.54, 1.807) is 42.5 Å². The average Bonchev–Trinajstić information content (AvgIpc) is 3.46. The fourth-order valence-corrected chi connectivity index (χ4v) is 7.42. The van der Waals surface area contributed by atoms with Crippen molar-refractivity contribution >= 4 is 49.2 Å². The van der Waals surface area contributed by atoms with E-state index in [9.17, 15) is 21.6 Å². The molecule has 0 aliphatic carbocycles. The molecular formula is C27H29Cl2N3O5S2. The molecule has 8 nitrogen and oxygen atoms in total. The van der Waals surface area contributed by atoms with E-state index in [0.29, 0.717) is 29.2 Å². The van der Waals surface area contributed by atoms with Gasteiger partial charge in [-0.05, 0) is 67.3 Å². The van der Waals surface area contributed by atoms with Crippen LogP contribution in [0.5, 0.6) is 0 Å². The molecule has 1 heterocycles. The highest BCUT2D eigenvalue weighted by molar-refractivity contribution is 7.89. The zero-order valence-corrected chi connectivity index (χ0v) is 24.5. The Balaban J connectivity index is 1.47. The van der Waals surface area contributed by atoms with Crippen molar-refractivity contribution in [3.05, 3.63) is 93.5 Å². The van der Waals surface area contributed by atoms with Gasteiger partial charge in [-0.15, -0.1) is 0 Å². The lowest BCUT2D eigenvalue weighted by Gasteiger charge is -2.22. The van der Waals surface area contributed by atoms with E-state index in [4.69, 9.17) is 23.2 Å². The molecule has 1 amide bonds. The Morgan fingerprint density at radius 1 is 0.846 bits per heavy atom. The summed E-state index contributed by atoms with van der Waals surface area (Å²) in [5.74, 6) is -0.514. The SMILES string of the molecule is Cc1ccc(S(=O)(=O)N(CC(=O)NCc2ccc(S(=O)(=O)N3CCCC3)cc2)Cc2ccc(Cl)c(Cl)c2)cc1. The predicted octanol–water partition coefficient (Wildman–Crippen LogP) is 4.59. The summed E-state index contributed by atoms with van der Waals surface area (Å²) in [5.41, 5.74) is 2.16. The van der Waals surface area contributed by atoms with Crippen molar-refractivity contribution in [3.8, 4) is 0 Å². The predicted molar refractivity (Wildman–Crippen MR) is 152 cm³/mol. The normalized spacial score (nSPS) is 14.6. The van der Waals surface area contributed by atoms with Gasteiger partial charge < -0.3 is 5.32 Å². The Bertz CT molecular complexity index is 1540. The summed E-state index contributed by atoms with van der Waals surface area (Å²) in [5, 5.41) is 3.35. The summed E-state index contributed by atoms with van der Waals surface area (Å²) in [4.78, 5) is 13.2. The fraction of sp³-hybridized carbons (Fsp3) is 0.296. The molecule has 3 aromatic carbocycles. The molecule has 0 atom stereocenters. The first-order valence-electron chi connectivity index (χ1n) is 12.3. The second kappa shape index (κ2) is 12.4. The van der Waals surface area contributed by atoms with Crippen LogP contribution in [0.25, 0.3) is 0 Å². The molecule has 3 aromatic rings. The molecule has 208 valence electrons. The molecule has 1 fully saturated rings. The first-order chi connectivity index (χ1) is 18.5. The van der Waals surface area contributed by atoms with Crippen molar-refractivity contribution in [2.24, 2.45) is 0 Å². The number of rotatable bonds is 10. The number of nitrogens with zero attached hydrogens (tertiary/aromatic N) is 2. The van der Waals surface area contributed by atoms with Gasteiger partial charge in [0, 0.05) is 26.2 Å². The standard InChI is InChI=1S/C27H29Cl2N3O5S2/c1-20-4-9-23(10-5-20)39(36,37)32(18-22-8-13-25(28)26(29)16-22)19-27(33)30-17-21-6-11-24(12-7-21)38(34,35)31-14-2-3-15-31/h4-13,16H,2-3,14-15,17-19H2,1H3,(H,30,33). The first kappa shape index (κ1) is 29.5. The van der Waals surface area contributed by atoms with Gasteiger partial charge >= 0.3 is 0 Å². The number of halogens is 2. The number of hydrogen-bond acceptors (Lipinski definition) is 5. The van der Waals surface area contributed by atoms with Crippen molar-refractivity contribution in [2.45, 2.75) is 42.6 Å². The molecule has 0 bridgehead atoms. The van der Waals surface area contributed by atoms with Gasteiger partial charge in [0.25, 0.3) is 0 Å². The molecule has 1 saturated heterocycles. The van der Waals surface area contributed by atoms with Crippen LogP contribution in [-0.2, 0) is 37.9 Å². The maximum Gasteiger partial charge on any atom is 0.243 e. The Labute approximate surface area is 239 Å². The van der Waals surface area contributed by atoms with Crippen LogP contribution >= 0.6 is 23.2 Å². The minimum Gasteiger partial charge on any atom is -0.351 e. The third kappa shape index (κ3) is 7.19. The van der Waals surface area contributed by atoms with Crippen LogP contribution in [0.15, 0.2) is 76.5 Å². The summed E-state index contributed by atoms with van der Waals surface area (Å²) in [6.45, 7) is 2.47. The second-order valence-electron chi connectivity index (χ2n) is 9.37. The highest BCUT2D eigenvalue weighted by Crippen LogP contribution is 2.25. The van der Waals surface area contributed by atoms with Gasteiger partial charge in [-0.2, -0.15) is 8.61 Å². The van der Waals surface area contributed by atoms with E-state index < -0.39 is 32.5 Å². The third-order valence-electron chi connectivity index (χ3n) is 6.44. The zero-order chi connectivity index (χ0) is 28.2. The maximum absolute atomic E-state index is 13.5. The van der Waals surface area contributed by atoms with Crippen molar-refractivity contribution < 1.29 is 21.6 Å². The van der Waals surface area contributed by atoms with Crippen molar-refractivity contribution in [2.75, 3.05) is 19.6 Å². The quantitative estimate of drug-likeness (QED) is 0.362. The van der Waals surface area contributed by atoms with Crippen molar-refractivity contribution in [1.29, 1.82) is 0 Å². The molecule has 1 aliphatic heterocycles. The Morgan fingerprint density at radius 3 is 2.05 bits per heavy atom. The second-order valence-corrected chi connectivity index (χ2v) is 14.1. The summed E-state index contributed by atoms with van der Waals surface area (Å²) in [6, 6.07) is 17.5. The number of benzene rings is 3. The lowest BCUT2D eigenvalue weighted by molar-refractivity contribution is -0.121. The molecule has 39 heavy (non-hydrogen) atoms. The number of carbonyl (C=O) groups is 1. The minimum atomic E-state index is -4.02. The Hall–Kier alpha value is -2.47. The largest absolute Gasteiger partial charge is 0.351 e. The van der Waals surface area contributed by atoms with E-state index in [2.05, 4.69) is 5.32 Å². The van der Waals surface area contributed by atoms with E-state index in [1.807, 2.05) is 6.92 Å². The number of sulfonamides is 2. The first-order valence-corrected chi connectivity index (χ1v) is 16.0. The monoisotopic (exact) mass is 609 g/mol. The molecule has 1 N–H and O–H groups in total. The van der Waals surface area contributed by atoms with Crippen LogP contribution in [0.2, 0.25) is 10.0 Å². The van der Waals surface area contributed by atoms with Crippen LogP contribution in [0.4, 0.5) is 0 Å². The van der Waals surface area contributed by atoms with Gasteiger partial charge in [-0.25, -0.2) is 16.8 Å². The molecule has 0 aromatic heterocycles. The molecule has 12 heteroatoms. The molecule has 1 aliphatic rings. The van der Waals surface area contributed by atoms with E-state index in [-0.39, 0.29) is 27.9 Å². The van der Waals surface area contributed by atoms with Gasteiger partial charge in [0.2, 0.25) is 26.0 Å². The number of aryl methyl sites for hydroxylation is 1. The van der Waals surface area contributed by atoms with Gasteiger partial charge in [-0.1, -0.05) is 59.1 Å². The summed E-state index contributed by atoms with van der Waals surface area (Å²) in [7, 11) is -7.55. The van der Waals surface area contributed by atoms with E-state index in [1.165, 1.54) is 28.6 Å². The van der Waals surface area contributed by atoms with Crippen molar-refractivity contribution in [3.63, 3.8) is 0 Å². The number of amides is 1. The van der Waals surface area contributed by atoms with Crippen molar-refractivity contribution in [1.82, 2.24) is 13.9 Å². The van der Waals surface area contributed by atoms with Gasteiger partial charge in [0.1, 0.15) is 0 Å². The third-order valence-corrected chi connectivity index (χ3v) is 10.9. The molecule has 0 unspecified atom stereocenters. The molecule has 0 saturated carbocycles. The van der Waals surface area contributed by atoms with Crippen LogP contribution < -0.4 is 5.32 Å². The lowest BCUT2D eigenvalue weighted by Crippen LogP contribution is -2.40. The summed E-state index contributed by atoms with van der Waals surface area (Å²) in [6.07, 6.45) is 1.70. The number of nitrogens with one attached hydrogen (secondary N) is 1. The lowest BCUT2D eigenvalue weighted by atomic mass is 10.2. The summed E-state index contributed by atoms with van der Waals surface area (Å²) < 4.78 is 55.0.